The van der Waals surface area contributed by atoms with Crippen LogP contribution in [-0.4, -0.2) is 51.8 Å². The molecule has 3 saturated carbocycles. The van der Waals surface area contributed by atoms with E-state index >= 15 is 0 Å². The average Bonchev–Trinajstić information content (AvgIpc) is 2.85. The lowest BCUT2D eigenvalue weighted by atomic mass is 9.59. The molecule has 4 fully saturated rings. The fraction of sp³-hybridized carbons (Fsp3) is 0.571. The summed E-state index contributed by atoms with van der Waals surface area (Å²) in [6.45, 7) is 1.58. The van der Waals surface area contributed by atoms with Gasteiger partial charge in [0.1, 0.15) is 11.3 Å². The third kappa shape index (κ3) is 2.73. The van der Waals surface area contributed by atoms with Crippen LogP contribution in [0.25, 0.3) is 0 Å². The number of imide groups is 1. The minimum atomic E-state index is -0.875. The first kappa shape index (κ1) is 18.0. The minimum Gasteiger partial charge on any atom is -0.508 e. The van der Waals surface area contributed by atoms with Crippen LogP contribution in [0.2, 0.25) is 0 Å². The Morgan fingerprint density at radius 3 is 2.52 bits per heavy atom. The number of amides is 3. The zero-order valence-corrected chi connectivity index (χ0v) is 15.9. The molecule has 2 atom stereocenters. The molecule has 0 aromatic heterocycles. The molecule has 2 unspecified atom stereocenters. The number of fused-ring (bicyclic) bond motifs is 3. The molecule has 1 N–H and O–H groups in total. The molecule has 0 spiro atoms. The van der Waals surface area contributed by atoms with Gasteiger partial charge in [-0.1, -0.05) is 25.0 Å². The molecule has 144 valence electrons. The molecule has 3 amide bonds. The smallest absolute Gasteiger partial charge is 0.327 e. The predicted octanol–water partition coefficient (Wildman–Crippen LogP) is 3.05. The van der Waals surface area contributed by atoms with Gasteiger partial charge in [0.2, 0.25) is 0 Å². The van der Waals surface area contributed by atoms with E-state index in [4.69, 9.17) is 0 Å². The quantitative estimate of drug-likeness (QED) is 0.653. The van der Waals surface area contributed by atoms with E-state index in [-0.39, 0.29) is 29.9 Å². The fourth-order valence-electron chi connectivity index (χ4n) is 5.41. The van der Waals surface area contributed by atoms with Gasteiger partial charge in [0.25, 0.3) is 5.91 Å². The van der Waals surface area contributed by atoms with Gasteiger partial charge in [0, 0.05) is 12.6 Å². The number of ketones is 1. The molecular formula is C21H26N2O4. The van der Waals surface area contributed by atoms with Crippen molar-refractivity contribution in [2.75, 3.05) is 13.6 Å². The molecule has 1 aromatic rings. The highest BCUT2D eigenvalue weighted by Crippen LogP contribution is 2.52. The van der Waals surface area contributed by atoms with E-state index < -0.39 is 11.6 Å². The molecule has 2 bridgehead atoms. The number of phenolic OH excluding ortho intramolecular Hbond substituents is 1. The lowest BCUT2D eigenvalue weighted by molar-refractivity contribution is -0.138. The molecule has 3 aliphatic carbocycles. The summed E-state index contributed by atoms with van der Waals surface area (Å²) in [6, 6.07) is 5.58. The van der Waals surface area contributed by atoms with E-state index in [1.165, 1.54) is 25.0 Å². The van der Waals surface area contributed by atoms with E-state index in [0.29, 0.717) is 17.4 Å². The first-order valence-corrected chi connectivity index (χ1v) is 9.74. The van der Waals surface area contributed by atoms with Crippen LogP contribution in [0.3, 0.4) is 0 Å². The third-order valence-electron chi connectivity index (χ3n) is 7.13. The predicted molar refractivity (Wildman–Crippen MR) is 99.3 cm³/mol. The van der Waals surface area contributed by atoms with E-state index in [9.17, 15) is 19.5 Å². The summed E-state index contributed by atoms with van der Waals surface area (Å²) in [7, 11) is 1.68. The number of hydrogen-bond donors (Lipinski definition) is 1. The van der Waals surface area contributed by atoms with Gasteiger partial charge in [0.15, 0.2) is 5.78 Å². The van der Waals surface area contributed by atoms with Crippen molar-refractivity contribution in [2.24, 2.45) is 17.8 Å². The molecule has 0 radical (unpaired) electrons. The molecule has 6 nitrogen and oxygen atoms in total. The van der Waals surface area contributed by atoms with E-state index in [1.54, 1.807) is 24.1 Å². The minimum absolute atomic E-state index is 0.0138. The van der Waals surface area contributed by atoms with Gasteiger partial charge in [-0.05, 0) is 56.1 Å². The van der Waals surface area contributed by atoms with Gasteiger partial charge in [-0.3, -0.25) is 14.5 Å². The fourth-order valence-corrected chi connectivity index (χ4v) is 5.41. The van der Waals surface area contributed by atoms with Crippen molar-refractivity contribution in [2.45, 2.75) is 44.6 Å². The number of urea groups is 1. The number of likely N-dealkylation sites (N-methyl/N-ethyl adjacent to an activating group) is 1. The molecule has 1 heterocycles. The van der Waals surface area contributed by atoms with E-state index in [1.807, 2.05) is 6.92 Å². The van der Waals surface area contributed by atoms with Crippen LogP contribution in [-0.2, 0) is 4.79 Å². The highest BCUT2D eigenvalue weighted by atomic mass is 16.3. The summed E-state index contributed by atoms with van der Waals surface area (Å²) < 4.78 is 0. The van der Waals surface area contributed by atoms with Crippen LogP contribution in [0.4, 0.5) is 4.79 Å². The van der Waals surface area contributed by atoms with Crippen LogP contribution in [0.1, 0.15) is 49.4 Å². The lowest BCUT2D eigenvalue weighted by Crippen LogP contribution is -2.56. The van der Waals surface area contributed by atoms with Crippen molar-refractivity contribution >= 4 is 17.7 Å². The summed E-state index contributed by atoms with van der Waals surface area (Å²) in [5.41, 5.74) is -0.580. The number of aromatic hydroxyl groups is 1. The number of Topliss-reactive ketones (excluding diaryl/α,β-unsaturated/α-hetero) is 1. The number of rotatable bonds is 4. The maximum Gasteiger partial charge on any atom is 0.327 e. The molecule has 27 heavy (non-hydrogen) atoms. The van der Waals surface area contributed by atoms with Crippen LogP contribution in [0.15, 0.2) is 24.3 Å². The molecule has 4 aliphatic rings. The first-order valence-electron chi connectivity index (χ1n) is 9.74. The topological polar surface area (TPSA) is 77.9 Å². The summed E-state index contributed by atoms with van der Waals surface area (Å²) in [5, 5.41) is 9.57. The normalized spacial score (nSPS) is 33.0. The molecule has 1 aliphatic heterocycles. The van der Waals surface area contributed by atoms with Crippen LogP contribution < -0.4 is 0 Å². The Kier molecular flexibility index (Phi) is 4.24. The van der Waals surface area contributed by atoms with Crippen molar-refractivity contribution in [3.05, 3.63) is 29.8 Å². The standard InChI is InChI=1S/C21H26N2O4/c1-21(17-10-13-6-8-14(17)9-7-13)19(26)23(20(27)22(21)2)12-18(25)15-4-3-5-16(24)11-15/h3-5,11,13-14,17,24H,6-10,12H2,1-2H3. The Morgan fingerprint density at radius 1 is 1.22 bits per heavy atom. The number of benzene rings is 1. The molecule has 1 aromatic carbocycles. The third-order valence-corrected chi connectivity index (χ3v) is 7.13. The van der Waals surface area contributed by atoms with Crippen molar-refractivity contribution in [1.29, 1.82) is 0 Å². The maximum atomic E-state index is 13.3. The molecule has 6 heteroatoms. The monoisotopic (exact) mass is 370 g/mol. The SMILES string of the molecule is CN1C(=O)N(CC(=O)c2cccc(O)c2)C(=O)C1(C)C1CC2CCC1CC2. The van der Waals surface area contributed by atoms with Crippen molar-refractivity contribution in [3.8, 4) is 5.75 Å². The number of phenols is 1. The van der Waals surface area contributed by atoms with E-state index in [2.05, 4.69) is 0 Å². The Bertz CT molecular complexity index is 799. The Balaban J connectivity index is 1.58. The molecule has 1 saturated heterocycles. The van der Waals surface area contributed by atoms with Crippen molar-refractivity contribution in [1.82, 2.24) is 9.80 Å². The number of nitrogens with zero attached hydrogens (tertiary/aromatic N) is 2. The Labute approximate surface area is 159 Å². The highest BCUT2D eigenvalue weighted by Gasteiger charge is 2.60. The second-order valence-corrected chi connectivity index (χ2v) is 8.48. The second-order valence-electron chi connectivity index (χ2n) is 8.48. The van der Waals surface area contributed by atoms with E-state index in [0.717, 1.165) is 24.2 Å². The van der Waals surface area contributed by atoms with Crippen LogP contribution in [0.5, 0.6) is 5.75 Å². The van der Waals surface area contributed by atoms with Crippen molar-refractivity contribution in [3.63, 3.8) is 0 Å². The first-order chi connectivity index (χ1) is 12.8. The average molecular weight is 370 g/mol. The Morgan fingerprint density at radius 2 is 1.93 bits per heavy atom. The molecule has 5 rings (SSSR count). The lowest BCUT2D eigenvalue weighted by Gasteiger charge is -2.49. The van der Waals surface area contributed by atoms with Gasteiger partial charge in [-0.15, -0.1) is 0 Å². The molecular weight excluding hydrogens is 344 g/mol. The summed E-state index contributed by atoms with van der Waals surface area (Å²) in [4.78, 5) is 41.4. The summed E-state index contributed by atoms with van der Waals surface area (Å²) in [5.74, 6) is 0.654. The zero-order valence-electron chi connectivity index (χ0n) is 15.9. The zero-order chi connectivity index (χ0) is 19.3. The Hall–Kier alpha value is -2.37. The largest absolute Gasteiger partial charge is 0.508 e. The van der Waals surface area contributed by atoms with Gasteiger partial charge < -0.3 is 10.0 Å². The summed E-state index contributed by atoms with van der Waals surface area (Å²) in [6.07, 6.45) is 5.69. The van der Waals surface area contributed by atoms with Crippen molar-refractivity contribution < 1.29 is 19.5 Å². The van der Waals surface area contributed by atoms with Gasteiger partial charge in [0.05, 0.1) is 6.54 Å². The van der Waals surface area contributed by atoms with Gasteiger partial charge in [-0.25, -0.2) is 4.79 Å². The number of carbonyl (C=O) groups is 3. The van der Waals surface area contributed by atoms with Gasteiger partial charge in [-0.2, -0.15) is 0 Å². The number of carbonyl (C=O) groups excluding carboxylic acids is 3. The van der Waals surface area contributed by atoms with Crippen LogP contribution >= 0.6 is 0 Å². The maximum absolute atomic E-state index is 13.3. The second kappa shape index (κ2) is 6.36. The number of hydrogen-bond acceptors (Lipinski definition) is 4. The van der Waals surface area contributed by atoms with Crippen LogP contribution in [0, 0.1) is 17.8 Å². The summed E-state index contributed by atoms with van der Waals surface area (Å²) >= 11 is 0. The highest BCUT2D eigenvalue weighted by molar-refractivity contribution is 6.11. The van der Waals surface area contributed by atoms with Gasteiger partial charge >= 0.3 is 6.03 Å².